The zero-order chi connectivity index (χ0) is 51.4. The Balaban J connectivity index is 0.000000364. The van der Waals surface area contributed by atoms with Crippen molar-refractivity contribution in [2.75, 3.05) is 6.16 Å². The summed E-state index contributed by atoms with van der Waals surface area (Å²) in [6, 6.07) is 19.5. The molecule has 3 radical (unpaired) electrons. The quantitative estimate of drug-likeness (QED) is 0.128. The van der Waals surface area contributed by atoms with Crippen LogP contribution in [0.4, 0.5) is 0 Å². The van der Waals surface area contributed by atoms with Gasteiger partial charge in [0.05, 0.1) is 17.3 Å². The van der Waals surface area contributed by atoms with Gasteiger partial charge < -0.3 is 19.9 Å². The van der Waals surface area contributed by atoms with Crippen LogP contribution in [-0.4, -0.2) is 50.4 Å². The molecule has 0 aromatic heterocycles. The molecule has 0 bridgehead atoms. The Bertz CT molecular complexity index is 1980. The molecule has 5 fully saturated rings. The Morgan fingerprint density at radius 2 is 1.03 bits per heavy atom. The van der Waals surface area contributed by atoms with Crippen molar-refractivity contribution >= 4 is 29.3 Å². The smallest absolute Gasteiger partial charge is 0.146 e. The Kier molecular flexibility index (Phi) is 26.9. The summed E-state index contributed by atoms with van der Waals surface area (Å²) < 4.78 is 14.0. The summed E-state index contributed by atoms with van der Waals surface area (Å²) in [6.07, 6.45) is 18.2. The molecule has 0 saturated heterocycles. The Morgan fingerprint density at radius 3 is 1.38 bits per heavy atom. The molecular formula is C62H97O6PY3. The number of rotatable bonds is 14. The number of hydrogen-bond donors (Lipinski definition) is 3. The number of fused-ring (bicyclic) bond motifs is 2. The van der Waals surface area contributed by atoms with E-state index in [0.29, 0.717) is 59.7 Å². The van der Waals surface area contributed by atoms with Crippen molar-refractivity contribution in [2.24, 2.45) is 63.1 Å². The van der Waals surface area contributed by atoms with Crippen molar-refractivity contribution in [3.8, 4) is 0 Å². The number of ketones is 2. The summed E-state index contributed by atoms with van der Waals surface area (Å²) in [4.78, 5) is 24.6. The van der Waals surface area contributed by atoms with Gasteiger partial charge in [0.2, 0.25) is 0 Å². The van der Waals surface area contributed by atoms with Crippen molar-refractivity contribution in [1.29, 1.82) is 0 Å². The Hall–Kier alpha value is 0.682. The van der Waals surface area contributed by atoms with Crippen LogP contribution in [-0.2, 0) is 112 Å². The summed E-state index contributed by atoms with van der Waals surface area (Å²) in [5.41, 5.74) is 1.79. The van der Waals surface area contributed by atoms with Crippen LogP contribution in [0.5, 0.6) is 0 Å². The molecule has 6 nitrogen and oxygen atoms in total. The molecule has 2 aromatic carbocycles. The van der Waals surface area contributed by atoms with Gasteiger partial charge in [0.15, 0.2) is 0 Å². The maximum Gasteiger partial charge on any atom is 0.146 e. The van der Waals surface area contributed by atoms with Crippen LogP contribution in [0.2, 0.25) is 0 Å². The third-order valence-corrected chi connectivity index (χ3v) is 22.3. The van der Waals surface area contributed by atoms with Crippen molar-refractivity contribution in [1.82, 2.24) is 0 Å². The average molecular weight is 1240 g/mol. The second-order valence-corrected chi connectivity index (χ2v) is 29.0. The molecule has 5 aliphatic carbocycles. The fraction of sp³-hybridized carbons (Fsp3) is 0.710. The third kappa shape index (κ3) is 17.3. The topological polar surface area (TPSA) is 112 Å². The minimum absolute atomic E-state index is 0. The molecule has 0 spiro atoms. The van der Waals surface area contributed by atoms with E-state index in [1.165, 1.54) is 31.3 Å². The summed E-state index contributed by atoms with van der Waals surface area (Å²) in [5.74, 6) is 4.44. The maximum absolute atomic E-state index is 14.0. The minimum atomic E-state index is -2.73. The van der Waals surface area contributed by atoms with Crippen molar-refractivity contribution in [2.45, 2.75) is 210 Å². The van der Waals surface area contributed by atoms with Crippen LogP contribution in [0.25, 0.3) is 0 Å². The van der Waals surface area contributed by atoms with Gasteiger partial charge in [0.25, 0.3) is 0 Å². The van der Waals surface area contributed by atoms with Gasteiger partial charge >= 0.3 is 0 Å². The second kappa shape index (κ2) is 28.2. The first-order valence-corrected chi connectivity index (χ1v) is 29.1. The van der Waals surface area contributed by atoms with Crippen molar-refractivity contribution < 1.29 is 128 Å². The van der Waals surface area contributed by atoms with Crippen LogP contribution in [0, 0.1) is 63.1 Å². The first-order chi connectivity index (χ1) is 31.9. The van der Waals surface area contributed by atoms with Crippen LogP contribution >= 0.6 is 7.14 Å². The number of aliphatic hydroxyl groups excluding tert-OH is 1. The van der Waals surface area contributed by atoms with Crippen LogP contribution in [0.15, 0.2) is 84.5 Å². The molecule has 5 saturated carbocycles. The molecule has 10 atom stereocenters. The largest absolute Gasteiger partial charge is 0.390 e. The average Bonchev–Trinajstić information content (AvgIpc) is 3.84. The third-order valence-electron chi connectivity index (χ3n) is 19.4. The number of Topliss-reactive ketones (excluding diaryl/α,β-unsaturated/α-hetero) is 2. The van der Waals surface area contributed by atoms with Gasteiger partial charge in [-0.1, -0.05) is 141 Å². The van der Waals surface area contributed by atoms with Crippen LogP contribution in [0.3, 0.4) is 0 Å². The van der Waals surface area contributed by atoms with E-state index in [9.17, 15) is 29.5 Å². The number of carbonyl (C=O) groups is 2. The van der Waals surface area contributed by atoms with Crippen molar-refractivity contribution in [3.63, 3.8) is 0 Å². The van der Waals surface area contributed by atoms with Crippen LogP contribution in [0.1, 0.15) is 193 Å². The van der Waals surface area contributed by atoms with E-state index in [-0.39, 0.29) is 126 Å². The van der Waals surface area contributed by atoms with Crippen LogP contribution < -0.4 is 10.6 Å². The molecule has 0 aliphatic heterocycles. The molecule has 0 heterocycles. The Morgan fingerprint density at radius 1 is 0.653 bits per heavy atom. The molecule has 395 valence electrons. The molecule has 5 aliphatic rings. The van der Waals surface area contributed by atoms with E-state index in [0.717, 1.165) is 86.8 Å². The monoisotopic (exact) mass is 1240 g/mol. The number of hydrogen-bond acceptors (Lipinski definition) is 6. The van der Waals surface area contributed by atoms with E-state index in [1.54, 1.807) is 0 Å². The Labute approximate surface area is 514 Å². The normalized spacial score (nSPS) is 29.1. The van der Waals surface area contributed by atoms with E-state index >= 15 is 0 Å². The number of aliphatic hydroxyl groups is 3. The van der Waals surface area contributed by atoms with E-state index < -0.39 is 24.4 Å². The van der Waals surface area contributed by atoms with Gasteiger partial charge in [0.1, 0.15) is 18.7 Å². The standard InChI is InChI=1S/C22H25O2P.2C20H36O2.3Y/c1-17-15-19(16-22(23)18(17)2)13-14-25(24,20-9-5-3-6-10-20)21-11-7-4-8-12-21;2*1-14(18(2,3)12-13-19(4,5)22)15-9-10-16-17(21)8-7-11-20(15,16)6;;;/h3-13,17,22-23H,2,14-16H2,1H3;2*14-16,22H,7-13H2,1-6H3;;;/b19-13-;;;;;/t17-,22-;14-,15?,16+,20-;14-,15?,16-,20+;;;/m110.../s1. The van der Waals surface area contributed by atoms with Gasteiger partial charge in [-0.15, -0.1) is 0 Å². The summed E-state index contributed by atoms with van der Waals surface area (Å²) in [7, 11) is -2.73. The summed E-state index contributed by atoms with van der Waals surface area (Å²) in [5, 5.41) is 32.0. The van der Waals surface area contributed by atoms with Crippen molar-refractivity contribution in [3.05, 3.63) is 84.5 Å². The van der Waals surface area contributed by atoms with Gasteiger partial charge in [-0.2, -0.15) is 0 Å². The van der Waals surface area contributed by atoms with E-state index in [2.05, 4.69) is 75.0 Å². The number of carbonyl (C=O) groups excluding carboxylic acids is 2. The predicted octanol–water partition coefficient (Wildman–Crippen LogP) is 14.2. The molecule has 2 aromatic rings. The molecule has 72 heavy (non-hydrogen) atoms. The molecule has 2 unspecified atom stereocenters. The predicted molar refractivity (Wildman–Crippen MR) is 290 cm³/mol. The number of benzene rings is 2. The zero-order valence-electron chi connectivity index (χ0n) is 47.4. The van der Waals surface area contributed by atoms with E-state index in [1.807, 2.05) is 88.4 Å². The fourth-order valence-electron chi connectivity index (χ4n) is 13.8. The first-order valence-electron chi connectivity index (χ1n) is 27.2. The molecule has 10 heteroatoms. The zero-order valence-corrected chi connectivity index (χ0v) is 56.9. The fourth-order valence-corrected chi connectivity index (χ4v) is 16.4. The van der Waals surface area contributed by atoms with Gasteiger partial charge in [-0.3, -0.25) is 9.59 Å². The molecule has 0 amide bonds. The second-order valence-electron chi connectivity index (χ2n) is 26.2. The van der Waals surface area contributed by atoms with Gasteiger partial charge in [0, 0.05) is 140 Å². The number of allylic oxidation sites excluding steroid dienone is 1. The molecule has 7 rings (SSSR count). The van der Waals surface area contributed by atoms with Gasteiger partial charge in [-0.05, 0) is 174 Å². The minimum Gasteiger partial charge on any atom is -0.390 e. The van der Waals surface area contributed by atoms with E-state index in [4.69, 9.17) is 0 Å². The first kappa shape index (κ1) is 68.8. The maximum atomic E-state index is 14.0. The molecular weight excluding hydrogens is 1140 g/mol. The molecule has 3 N–H and O–H groups in total. The SMILES string of the molecule is C=C1[C@H](C)C/C(=C/CP(=O)(c2ccccc2)c2ccccc2)C[C@H]1O.C[C@@H](C1CC[C@H]2C(=O)CCC[C@]12C)C(C)(C)CCC(C)(C)O.C[C@H](C1CC[C@H]2C(=O)CCC[C@]12C)C(C)(C)CCC(C)(C)O.[Y].[Y].[Y]. The summed E-state index contributed by atoms with van der Waals surface area (Å²) >= 11 is 0. The summed E-state index contributed by atoms with van der Waals surface area (Å²) in [6.45, 7) is 32.6. The van der Waals surface area contributed by atoms with Gasteiger partial charge in [-0.25, -0.2) is 0 Å².